The Bertz CT molecular complexity index is 285. The number of aliphatic hydroxyl groups excluding tert-OH is 1. The fourth-order valence-electron chi connectivity index (χ4n) is 1.59. The number of carbonyl (C=O) groups excluding carboxylic acids is 1. The van der Waals surface area contributed by atoms with Crippen LogP contribution in [0.5, 0.6) is 0 Å². The molecule has 1 saturated heterocycles. The first kappa shape index (κ1) is 14.0. The molecule has 0 aliphatic carbocycles. The van der Waals surface area contributed by atoms with Crippen LogP contribution in [0.15, 0.2) is 12.7 Å². The summed E-state index contributed by atoms with van der Waals surface area (Å²) in [6.45, 7) is 9.93. The second-order valence-corrected chi connectivity index (χ2v) is 5.11. The van der Waals surface area contributed by atoms with E-state index >= 15 is 0 Å². The number of ether oxygens (including phenoxy) is 2. The van der Waals surface area contributed by atoms with Gasteiger partial charge >= 0.3 is 6.09 Å². The summed E-state index contributed by atoms with van der Waals surface area (Å²) in [5.74, 6) is 0. The zero-order chi connectivity index (χ0) is 13.1. The minimum Gasteiger partial charge on any atom is -0.444 e. The van der Waals surface area contributed by atoms with Gasteiger partial charge in [0.05, 0.1) is 25.8 Å². The molecule has 1 aliphatic heterocycles. The quantitative estimate of drug-likeness (QED) is 0.756. The summed E-state index contributed by atoms with van der Waals surface area (Å²) in [7, 11) is 0. The standard InChI is InChI=1S/C12H21NO4/c1-5-6-16-10-8-13(7-9(10)14)11(15)17-12(2,3)4/h5,9-10,14H,1,6-8H2,2-4H3. The molecule has 1 aliphatic rings. The first-order valence-electron chi connectivity index (χ1n) is 5.72. The van der Waals surface area contributed by atoms with Crippen molar-refractivity contribution in [2.75, 3.05) is 19.7 Å². The number of likely N-dealkylation sites (tertiary alicyclic amines) is 1. The Morgan fingerprint density at radius 3 is 2.71 bits per heavy atom. The van der Waals surface area contributed by atoms with Gasteiger partial charge in [0.1, 0.15) is 11.7 Å². The van der Waals surface area contributed by atoms with Crippen LogP contribution in [0.1, 0.15) is 20.8 Å². The van der Waals surface area contributed by atoms with Gasteiger partial charge < -0.3 is 19.5 Å². The van der Waals surface area contributed by atoms with Crippen LogP contribution in [0.25, 0.3) is 0 Å². The van der Waals surface area contributed by atoms with E-state index in [1.54, 1.807) is 6.08 Å². The lowest BCUT2D eigenvalue weighted by atomic mass is 10.2. The van der Waals surface area contributed by atoms with E-state index in [4.69, 9.17) is 9.47 Å². The van der Waals surface area contributed by atoms with E-state index < -0.39 is 17.8 Å². The molecule has 0 aromatic rings. The smallest absolute Gasteiger partial charge is 0.410 e. The van der Waals surface area contributed by atoms with Crippen LogP contribution < -0.4 is 0 Å². The second-order valence-electron chi connectivity index (χ2n) is 5.11. The van der Waals surface area contributed by atoms with E-state index in [0.29, 0.717) is 13.2 Å². The molecular formula is C12H21NO4. The van der Waals surface area contributed by atoms with Gasteiger partial charge in [-0.1, -0.05) is 6.08 Å². The zero-order valence-corrected chi connectivity index (χ0v) is 10.7. The van der Waals surface area contributed by atoms with Crippen LogP contribution >= 0.6 is 0 Å². The lowest BCUT2D eigenvalue weighted by molar-refractivity contribution is 0.00391. The SMILES string of the molecule is C=CCOC1CN(C(=O)OC(C)(C)C)CC1O. The number of rotatable bonds is 3. The molecule has 0 saturated carbocycles. The average Bonchev–Trinajstić information content (AvgIpc) is 2.54. The Hall–Kier alpha value is -1.07. The summed E-state index contributed by atoms with van der Waals surface area (Å²) in [5.41, 5.74) is -0.526. The monoisotopic (exact) mass is 243 g/mol. The van der Waals surface area contributed by atoms with Crippen molar-refractivity contribution in [2.24, 2.45) is 0 Å². The fraction of sp³-hybridized carbons (Fsp3) is 0.750. The van der Waals surface area contributed by atoms with Gasteiger partial charge in [0.25, 0.3) is 0 Å². The van der Waals surface area contributed by atoms with Gasteiger partial charge in [0.2, 0.25) is 0 Å². The Morgan fingerprint density at radius 2 is 2.18 bits per heavy atom. The van der Waals surface area contributed by atoms with Crippen LogP contribution in [0.2, 0.25) is 0 Å². The molecule has 17 heavy (non-hydrogen) atoms. The topological polar surface area (TPSA) is 59.0 Å². The highest BCUT2D eigenvalue weighted by Crippen LogP contribution is 2.17. The summed E-state index contributed by atoms with van der Waals surface area (Å²) in [6.07, 6.45) is 0.173. The second kappa shape index (κ2) is 5.51. The Kier molecular flexibility index (Phi) is 4.54. The highest BCUT2D eigenvalue weighted by molar-refractivity contribution is 5.68. The van der Waals surface area contributed by atoms with E-state index in [-0.39, 0.29) is 12.6 Å². The highest BCUT2D eigenvalue weighted by Gasteiger charge is 2.36. The molecule has 0 aromatic carbocycles. The third kappa shape index (κ3) is 4.36. The van der Waals surface area contributed by atoms with E-state index in [2.05, 4.69) is 6.58 Å². The van der Waals surface area contributed by atoms with Crippen molar-refractivity contribution >= 4 is 6.09 Å². The van der Waals surface area contributed by atoms with Crippen LogP contribution in [0.3, 0.4) is 0 Å². The van der Waals surface area contributed by atoms with E-state index in [9.17, 15) is 9.90 Å². The molecule has 2 atom stereocenters. The highest BCUT2D eigenvalue weighted by atomic mass is 16.6. The third-order valence-corrected chi connectivity index (χ3v) is 2.32. The van der Waals surface area contributed by atoms with Crippen LogP contribution in [-0.2, 0) is 9.47 Å². The fourth-order valence-corrected chi connectivity index (χ4v) is 1.59. The van der Waals surface area contributed by atoms with Crippen LogP contribution in [0, 0.1) is 0 Å². The lowest BCUT2D eigenvalue weighted by Gasteiger charge is -2.24. The molecule has 98 valence electrons. The number of amides is 1. The Labute approximate surface area is 102 Å². The van der Waals surface area contributed by atoms with E-state index in [1.807, 2.05) is 20.8 Å². The normalized spacial score (nSPS) is 24.8. The van der Waals surface area contributed by atoms with Gasteiger partial charge in [-0.25, -0.2) is 4.79 Å². The molecule has 1 fully saturated rings. The minimum atomic E-state index is -0.664. The largest absolute Gasteiger partial charge is 0.444 e. The number of carbonyl (C=O) groups is 1. The third-order valence-electron chi connectivity index (χ3n) is 2.32. The van der Waals surface area contributed by atoms with Crippen molar-refractivity contribution in [3.8, 4) is 0 Å². The minimum absolute atomic E-state index is 0.247. The van der Waals surface area contributed by atoms with Crippen molar-refractivity contribution < 1.29 is 19.4 Å². The predicted molar refractivity (Wildman–Crippen MR) is 63.8 cm³/mol. The predicted octanol–water partition coefficient (Wildman–Crippen LogP) is 1.17. The molecule has 1 rings (SSSR count). The Balaban J connectivity index is 2.47. The molecule has 1 N–H and O–H groups in total. The van der Waals surface area contributed by atoms with Crippen LogP contribution in [0.4, 0.5) is 4.79 Å². The molecule has 2 unspecified atom stereocenters. The van der Waals surface area contributed by atoms with Gasteiger partial charge in [-0.05, 0) is 20.8 Å². The zero-order valence-electron chi connectivity index (χ0n) is 10.7. The molecule has 1 amide bonds. The van der Waals surface area contributed by atoms with Gasteiger partial charge in [-0.2, -0.15) is 0 Å². The summed E-state index contributed by atoms with van der Waals surface area (Å²) >= 11 is 0. The number of hydrogen-bond acceptors (Lipinski definition) is 4. The molecule has 5 heteroatoms. The summed E-state index contributed by atoms with van der Waals surface area (Å²) < 4.78 is 10.6. The lowest BCUT2D eigenvalue weighted by Crippen LogP contribution is -2.36. The average molecular weight is 243 g/mol. The molecule has 1 heterocycles. The Morgan fingerprint density at radius 1 is 1.53 bits per heavy atom. The molecule has 5 nitrogen and oxygen atoms in total. The van der Waals surface area contributed by atoms with E-state index in [1.165, 1.54) is 4.90 Å². The molecule has 0 bridgehead atoms. The molecule has 0 aromatic heterocycles. The van der Waals surface area contributed by atoms with E-state index in [0.717, 1.165) is 0 Å². The van der Waals surface area contributed by atoms with Crippen LogP contribution in [-0.4, -0.2) is 53.6 Å². The maximum atomic E-state index is 11.7. The van der Waals surface area contributed by atoms with Gasteiger partial charge in [0.15, 0.2) is 0 Å². The van der Waals surface area contributed by atoms with Crippen molar-refractivity contribution in [3.05, 3.63) is 12.7 Å². The van der Waals surface area contributed by atoms with Crippen molar-refractivity contribution in [1.82, 2.24) is 4.90 Å². The number of β-amino-alcohol motifs (C(OH)–C–C–N with tert-alkyl or cyclic N) is 1. The van der Waals surface area contributed by atoms with Crippen molar-refractivity contribution in [1.29, 1.82) is 0 Å². The van der Waals surface area contributed by atoms with Crippen molar-refractivity contribution in [2.45, 2.75) is 38.6 Å². The molecule has 0 spiro atoms. The maximum absolute atomic E-state index is 11.7. The molecular weight excluding hydrogens is 222 g/mol. The first-order chi connectivity index (χ1) is 7.83. The first-order valence-corrected chi connectivity index (χ1v) is 5.72. The maximum Gasteiger partial charge on any atom is 0.410 e. The number of nitrogens with zero attached hydrogens (tertiary/aromatic N) is 1. The van der Waals surface area contributed by atoms with Crippen molar-refractivity contribution in [3.63, 3.8) is 0 Å². The van der Waals surface area contributed by atoms with Gasteiger partial charge in [-0.15, -0.1) is 6.58 Å². The van der Waals surface area contributed by atoms with Gasteiger partial charge in [0, 0.05) is 0 Å². The number of aliphatic hydroxyl groups is 1. The van der Waals surface area contributed by atoms with Gasteiger partial charge in [-0.3, -0.25) is 0 Å². The number of hydrogen-bond donors (Lipinski definition) is 1. The summed E-state index contributed by atoms with van der Waals surface area (Å²) in [6, 6.07) is 0. The summed E-state index contributed by atoms with van der Waals surface area (Å²) in [4.78, 5) is 13.2. The molecule has 0 radical (unpaired) electrons. The summed E-state index contributed by atoms with van der Waals surface area (Å²) in [5, 5.41) is 9.72.